The Morgan fingerprint density at radius 1 is 1.22 bits per heavy atom. The Kier molecular flexibility index (Phi) is 5.18. The molecule has 1 heterocycles. The van der Waals surface area contributed by atoms with E-state index >= 15 is 0 Å². The van der Waals surface area contributed by atoms with Crippen LogP contribution in [0.2, 0.25) is 0 Å². The van der Waals surface area contributed by atoms with Crippen molar-refractivity contribution in [3.05, 3.63) is 29.8 Å². The molecule has 3 N–H and O–H groups in total. The highest BCUT2D eigenvalue weighted by molar-refractivity contribution is 5.95. The number of morpholine rings is 1. The fourth-order valence-electron chi connectivity index (χ4n) is 3.88. The Morgan fingerprint density at radius 2 is 1.96 bits per heavy atom. The van der Waals surface area contributed by atoms with Gasteiger partial charge in [0, 0.05) is 36.4 Å². The number of amides is 1. The third-order valence-electron chi connectivity index (χ3n) is 5.19. The maximum atomic E-state index is 12.5. The molecule has 2 fully saturated rings. The summed E-state index contributed by atoms with van der Waals surface area (Å²) in [6.07, 6.45) is 6.10. The maximum absolute atomic E-state index is 12.5. The topological polar surface area (TPSA) is 67.6 Å². The Labute approximate surface area is 138 Å². The molecule has 23 heavy (non-hydrogen) atoms. The molecule has 0 atom stereocenters. The first-order chi connectivity index (χ1) is 11.2. The number of hydrogen-bond acceptors (Lipinski definition) is 4. The molecule has 0 aromatic heterocycles. The molecule has 1 amide bonds. The van der Waals surface area contributed by atoms with E-state index in [0.717, 1.165) is 39.1 Å². The lowest BCUT2D eigenvalue weighted by atomic mass is 9.79. The molecular formula is C18H27N3O2. The predicted octanol–water partition coefficient (Wildman–Crippen LogP) is 2.03. The monoisotopic (exact) mass is 317 g/mol. The Balaban J connectivity index is 1.67. The number of nitrogens with one attached hydrogen (secondary N) is 1. The van der Waals surface area contributed by atoms with Crippen molar-refractivity contribution in [2.24, 2.45) is 0 Å². The van der Waals surface area contributed by atoms with Gasteiger partial charge in [0.05, 0.1) is 13.2 Å². The van der Waals surface area contributed by atoms with E-state index in [1.54, 1.807) is 12.1 Å². The van der Waals surface area contributed by atoms with Crippen LogP contribution in [0.4, 0.5) is 5.69 Å². The molecule has 0 bridgehead atoms. The average molecular weight is 317 g/mol. The maximum Gasteiger partial charge on any atom is 0.251 e. The molecule has 2 aliphatic rings. The van der Waals surface area contributed by atoms with Crippen LogP contribution in [-0.2, 0) is 4.74 Å². The third-order valence-corrected chi connectivity index (χ3v) is 5.19. The van der Waals surface area contributed by atoms with Gasteiger partial charge >= 0.3 is 0 Å². The second-order valence-corrected chi connectivity index (χ2v) is 6.69. The van der Waals surface area contributed by atoms with Crippen LogP contribution in [0.5, 0.6) is 0 Å². The van der Waals surface area contributed by atoms with Crippen molar-refractivity contribution in [2.75, 3.05) is 38.6 Å². The zero-order valence-electron chi connectivity index (χ0n) is 13.7. The lowest BCUT2D eigenvalue weighted by Crippen LogP contribution is -2.59. The van der Waals surface area contributed by atoms with E-state index in [1.165, 1.54) is 19.3 Å². The number of carbonyl (C=O) groups is 1. The Hall–Kier alpha value is -1.59. The standard InChI is InChI=1S/C18H27N3O2/c19-16-6-4-5-15(13-16)17(22)20-14-18(7-2-1-3-8-18)21-9-11-23-12-10-21/h4-6,13H,1-3,7-12,14,19H2,(H,20,22). The number of anilines is 1. The summed E-state index contributed by atoms with van der Waals surface area (Å²) in [6.45, 7) is 4.23. The SMILES string of the molecule is Nc1cccc(C(=O)NCC2(N3CCOCC3)CCCCC2)c1. The van der Waals surface area contributed by atoms with Gasteiger partial charge in [0.2, 0.25) is 0 Å². The van der Waals surface area contributed by atoms with E-state index in [4.69, 9.17) is 10.5 Å². The lowest BCUT2D eigenvalue weighted by Gasteiger charge is -2.48. The number of nitrogen functional groups attached to an aromatic ring is 1. The van der Waals surface area contributed by atoms with Crippen molar-refractivity contribution in [1.82, 2.24) is 10.2 Å². The van der Waals surface area contributed by atoms with Gasteiger partial charge in [-0.1, -0.05) is 25.3 Å². The van der Waals surface area contributed by atoms with Gasteiger partial charge in [-0.05, 0) is 31.0 Å². The highest BCUT2D eigenvalue weighted by atomic mass is 16.5. The van der Waals surface area contributed by atoms with Crippen LogP contribution < -0.4 is 11.1 Å². The highest BCUT2D eigenvalue weighted by Crippen LogP contribution is 2.33. The number of nitrogens with two attached hydrogens (primary N) is 1. The first kappa shape index (κ1) is 16.3. The van der Waals surface area contributed by atoms with Gasteiger partial charge in [0.25, 0.3) is 5.91 Å². The molecule has 1 saturated heterocycles. The molecule has 126 valence electrons. The van der Waals surface area contributed by atoms with Crippen molar-refractivity contribution in [1.29, 1.82) is 0 Å². The van der Waals surface area contributed by atoms with Crippen molar-refractivity contribution >= 4 is 11.6 Å². The van der Waals surface area contributed by atoms with E-state index in [0.29, 0.717) is 17.8 Å². The van der Waals surface area contributed by atoms with E-state index < -0.39 is 0 Å². The highest BCUT2D eigenvalue weighted by Gasteiger charge is 2.38. The quantitative estimate of drug-likeness (QED) is 0.834. The minimum atomic E-state index is -0.0319. The summed E-state index contributed by atoms with van der Waals surface area (Å²) >= 11 is 0. The molecule has 3 rings (SSSR count). The van der Waals surface area contributed by atoms with Crippen molar-refractivity contribution in [3.8, 4) is 0 Å². The van der Waals surface area contributed by atoms with Crippen molar-refractivity contribution in [2.45, 2.75) is 37.6 Å². The van der Waals surface area contributed by atoms with Gasteiger partial charge in [0.1, 0.15) is 0 Å². The minimum Gasteiger partial charge on any atom is -0.399 e. The molecule has 1 saturated carbocycles. The third kappa shape index (κ3) is 3.85. The van der Waals surface area contributed by atoms with E-state index in [2.05, 4.69) is 10.2 Å². The molecule has 5 heteroatoms. The summed E-state index contributed by atoms with van der Waals surface area (Å²) in [4.78, 5) is 15.0. The fraction of sp³-hybridized carbons (Fsp3) is 0.611. The first-order valence-corrected chi connectivity index (χ1v) is 8.66. The molecule has 0 radical (unpaired) electrons. The first-order valence-electron chi connectivity index (χ1n) is 8.66. The summed E-state index contributed by atoms with van der Waals surface area (Å²) < 4.78 is 5.50. The second-order valence-electron chi connectivity index (χ2n) is 6.69. The fourth-order valence-corrected chi connectivity index (χ4v) is 3.88. The number of ether oxygens (including phenoxy) is 1. The number of nitrogens with zero attached hydrogens (tertiary/aromatic N) is 1. The normalized spacial score (nSPS) is 21.7. The van der Waals surface area contributed by atoms with Crippen LogP contribution >= 0.6 is 0 Å². The van der Waals surface area contributed by atoms with Gasteiger partial charge in [-0.3, -0.25) is 9.69 Å². The van der Waals surface area contributed by atoms with Crippen LogP contribution in [0.15, 0.2) is 24.3 Å². The van der Waals surface area contributed by atoms with Crippen LogP contribution in [0.1, 0.15) is 42.5 Å². The van der Waals surface area contributed by atoms with Gasteiger partial charge in [-0.15, -0.1) is 0 Å². The summed E-state index contributed by atoms with van der Waals surface area (Å²) in [6, 6.07) is 7.17. The van der Waals surface area contributed by atoms with Gasteiger partial charge in [-0.2, -0.15) is 0 Å². The molecule has 1 aliphatic heterocycles. The molecular weight excluding hydrogens is 290 g/mol. The number of hydrogen-bond donors (Lipinski definition) is 2. The molecule has 1 aromatic rings. The number of carbonyl (C=O) groups excluding carboxylic acids is 1. The summed E-state index contributed by atoms with van der Waals surface area (Å²) in [5.74, 6) is -0.0319. The molecule has 1 aromatic carbocycles. The van der Waals surface area contributed by atoms with Crippen LogP contribution in [0, 0.1) is 0 Å². The zero-order valence-corrected chi connectivity index (χ0v) is 13.7. The Morgan fingerprint density at radius 3 is 2.65 bits per heavy atom. The summed E-state index contributed by atoms with van der Waals surface area (Å²) in [5.41, 5.74) is 7.13. The van der Waals surface area contributed by atoms with E-state index in [-0.39, 0.29) is 11.4 Å². The molecule has 0 spiro atoms. The Bertz CT molecular complexity index is 535. The smallest absolute Gasteiger partial charge is 0.251 e. The van der Waals surface area contributed by atoms with Crippen LogP contribution in [-0.4, -0.2) is 49.2 Å². The van der Waals surface area contributed by atoms with Gasteiger partial charge < -0.3 is 15.8 Å². The molecule has 1 aliphatic carbocycles. The number of benzene rings is 1. The largest absolute Gasteiger partial charge is 0.399 e. The van der Waals surface area contributed by atoms with Crippen LogP contribution in [0.25, 0.3) is 0 Å². The predicted molar refractivity (Wildman–Crippen MR) is 91.4 cm³/mol. The van der Waals surface area contributed by atoms with E-state index in [9.17, 15) is 4.79 Å². The second kappa shape index (κ2) is 7.32. The summed E-state index contributed by atoms with van der Waals surface area (Å²) in [7, 11) is 0. The number of rotatable bonds is 4. The van der Waals surface area contributed by atoms with Gasteiger partial charge in [-0.25, -0.2) is 0 Å². The summed E-state index contributed by atoms with van der Waals surface area (Å²) in [5, 5.41) is 3.16. The molecule has 0 unspecified atom stereocenters. The van der Waals surface area contributed by atoms with Crippen molar-refractivity contribution < 1.29 is 9.53 Å². The van der Waals surface area contributed by atoms with Crippen LogP contribution in [0.3, 0.4) is 0 Å². The van der Waals surface area contributed by atoms with Crippen molar-refractivity contribution in [3.63, 3.8) is 0 Å². The molecule has 5 nitrogen and oxygen atoms in total. The zero-order chi connectivity index (χ0) is 16.1. The lowest BCUT2D eigenvalue weighted by molar-refractivity contribution is -0.0361. The van der Waals surface area contributed by atoms with Gasteiger partial charge in [0.15, 0.2) is 0 Å². The minimum absolute atomic E-state index is 0.0319. The average Bonchev–Trinajstić information content (AvgIpc) is 2.61. The van der Waals surface area contributed by atoms with E-state index in [1.807, 2.05) is 12.1 Å².